The van der Waals surface area contributed by atoms with Gasteiger partial charge in [-0.25, -0.2) is 4.63 Å². The van der Waals surface area contributed by atoms with Gasteiger partial charge in [0.2, 0.25) is 0 Å². The number of nitrogens with zero attached hydrogens (tertiary/aromatic N) is 4. The van der Waals surface area contributed by atoms with Gasteiger partial charge in [0.25, 0.3) is 0 Å². The van der Waals surface area contributed by atoms with Gasteiger partial charge in [0.05, 0.1) is 0 Å². The molecule has 0 saturated carbocycles. The van der Waals surface area contributed by atoms with Crippen molar-refractivity contribution in [1.29, 1.82) is 0 Å². The van der Waals surface area contributed by atoms with Crippen LogP contribution in [0.2, 0.25) is 0 Å². The highest BCUT2D eigenvalue weighted by Gasteiger charge is 2.16. The normalized spacial score (nSPS) is 18.1. The van der Waals surface area contributed by atoms with Crippen molar-refractivity contribution >= 4 is 17.6 Å². The molecule has 0 aliphatic carbocycles. The summed E-state index contributed by atoms with van der Waals surface area (Å²) in [5.41, 5.74) is 5.75. The van der Waals surface area contributed by atoms with Gasteiger partial charge >= 0.3 is 0 Å². The Morgan fingerprint density at radius 2 is 2.28 bits per heavy atom. The fourth-order valence-corrected chi connectivity index (χ4v) is 2.59. The molecular formula is C9H16N6O2S. The molecule has 2 rings (SSSR count). The van der Waals surface area contributed by atoms with Crippen molar-refractivity contribution in [3.05, 3.63) is 5.69 Å². The highest BCUT2D eigenvalue weighted by Crippen LogP contribution is 2.18. The predicted octanol–water partition coefficient (Wildman–Crippen LogP) is -0.839. The molecule has 8 nitrogen and oxygen atoms in total. The SMILES string of the molecule is N/C(=N\O)c1nonc1SCCN1CCNCC1. The van der Waals surface area contributed by atoms with Gasteiger partial charge in [-0.1, -0.05) is 16.9 Å². The highest BCUT2D eigenvalue weighted by molar-refractivity contribution is 7.99. The number of hydrogen-bond acceptors (Lipinski definition) is 8. The topological polar surface area (TPSA) is 113 Å². The molecule has 1 fully saturated rings. The third-order valence-electron chi connectivity index (χ3n) is 2.66. The Kier molecular flexibility index (Phi) is 4.79. The Balaban J connectivity index is 1.81. The van der Waals surface area contributed by atoms with Gasteiger partial charge in [0, 0.05) is 38.5 Å². The molecule has 0 radical (unpaired) electrons. The second-order valence-electron chi connectivity index (χ2n) is 3.84. The number of aromatic nitrogens is 2. The molecule has 1 saturated heterocycles. The smallest absolute Gasteiger partial charge is 0.195 e. The van der Waals surface area contributed by atoms with Crippen molar-refractivity contribution in [2.45, 2.75) is 5.03 Å². The summed E-state index contributed by atoms with van der Waals surface area (Å²) in [4.78, 5) is 2.38. The van der Waals surface area contributed by atoms with Crippen molar-refractivity contribution < 1.29 is 9.84 Å². The van der Waals surface area contributed by atoms with Crippen LogP contribution >= 0.6 is 11.8 Å². The zero-order chi connectivity index (χ0) is 12.8. The Bertz CT molecular complexity index is 404. The molecule has 18 heavy (non-hydrogen) atoms. The number of thioether (sulfide) groups is 1. The first-order valence-electron chi connectivity index (χ1n) is 5.67. The second kappa shape index (κ2) is 6.57. The van der Waals surface area contributed by atoms with Crippen molar-refractivity contribution in [1.82, 2.24) is 20.5 Å². The van der Waals surface area contributed by atoms with E-state index in [1.165, 1.54) is 11.8 Å². The standard InChI is InChI=1S/C9H16N6O2S/c10-8(12-16)7-9(14-17-13-7)18-6-5-15-3-1-11-2-4-15/h11,16H,1-6H2,(H2,10,12). The summed E-state index contributed by atoms with van der Waals surface area (Å²) in [7, 11) is 0. The Labute approximate surface area is 109 Å². The van der Waals surface area contributed by atoms with Crippen molar-refractivity contribution in [2.24, 2.45) is 10.9 Å². The molecule has 100 valence electrons. The van der Waals surface area contributed by atoms with Gasteiger partial charge in [0.15, 0.2) is 16.6 Å². The van der Waals surface area contributed by atoms with E-state index in [0.29, 0.717) is 10.7 Å². The van der Waals surface area contributed by atoms with E-state index in [1.807, 2.05) is 0 Å². The number of nitrogens with two attached hydrogens (primary N) is 1. The average Bonchev–Trinajstić information content (AvgIpc) is 2.87. The molecular weight excluding hydrogens is 256 g/mol. The number of amidine groups is 1. The lowest BCUT2D eigenvalue weighted by Gasteiger charge is -2.26. The summed E-state index contributed by atoms with van der Waals surface area (Å²) >= 11 is 1.49. The summed E-state index contributed by atoms with van der Waals surface area (Å²) in [5, 5.41) is 22.7. The summed E-state index contributed by atoms with van der Waals surface area (Å²) in [5.74, 6) is 0.779. The van der Waals surface area contributed by atoms with E-state index < -0.39 is 0 Å². The summed E-state index contributed by atoms with van der Waals surface area (Å²) in [6.07, 6.45) is 0. The Hall–Kier alpha value is -1.32. The van der Waals surface area contributed by atoms with Crippen LogP contribution in [-0.2, 0) is 0 Å². The van der Waals surface area contributed by atoms with Crippen molar-refractivity contribution in [3.8, 4) is 0 Å². The van der Waals surface area contributed by atoms with E-state index in [-0.39, 0.29) is 5.84 Å². The molecule has 0 aromatic carbocycles. The molecule has 1 aliphatic rings. The number of oxime groups is 1. The van der Waals surface area contributed by atoms with Gasteiger partial charge in [-0.05, 0) is 10.3 Å². The second-order valence-corrected chi connectivity index (χ2v) is 4.93. The lowest BCUT2D eigenvalue weighted by atomic mass is 10.4. The zero-order valence-electron chi connectivity index (χ0n) is 9.87. The fourth-order valence-electron chi connectivity index (χ4n) is 1.69. The lowest BCUT2D eigenvalue weighted by Crippen LogP contribution is -2.44. The number of piperazine rings is 1. The van der Waals surface area contributed by atoms with E-state index in [1.54, 1.807) is 0 Å². The maximum absolute atomic E-state index is 8.59. The van der Waals surface area contributed by atoms with Crippen LogP contribution in [-0.4, -0.2) is 64.7 Å². The number of nitrogens with one attached hydrogen (secondary N) is 1. The van der Waals surface area contributed by atoms with Crippen molar-refractivity contribution in [3.63, 3.8) is 0 Å². The van der Waals surface area contributed by atoms with Crippen LogP contribution in [0.25, 0.3) is 0 Å². The van der Waals surface area contributed by atoms with Crippen LogP contribution in [0.15, 0.2) is 14.8 Å². The first-order chi connectivity index (χ1) is 8.81. The van der Waals surface area contributed by atoms with E-state index in [2.05, 4.69) is 30.3 Å². The van der Waals surface area contributed by atoms with Gasteiger partial charge in [0.1, 0.15) is 0 Å². The summed E-state index contributed by atoms with van der Waals surface area (Å²) in [6, 6.07) is 0. The van der Waals surface area contributed by atoms with Crippen LogP contribution in [0.1, 0.15) is 5.69 Å². The molecule has 1 aromatic heterocycles. The van der Waals surface area contributed by atoms with E-state index in [0.717, 1.165) is 38.5 Å². The maximum atomic E-state index is 8.59. The van der Waals surface area contributed by atoms with Crippen LogP contribution in [0, 0.1) is 0 Å². The molecule has 2 heterocycles. The summed E-state index contributed by atoms with van der Waals surface area (Å²) < 4.78 is 4.59. The van der Waals surface area contributed by atoms with Crippen LogP contribution < -0.4 is 11.1 Å². The van der Waals surface area contributed by atoms with Gasteiger partial charge in [-0.15, -0.1) is 0 Å². The van der Waals surface area contributed by atoms with Gasteiger partial charge in [-0.3, -0.25) is 4.90 Å². The average molecular weight is 272 g/mol. The molecule has 0 bridgehead atoms. The first-order valence-corrected chi connectivity index (χ1v) is 6.66. The molecule has 4 N–H and O–H groups in total. The largest absolute Gasteiger partial charge is 0.409 e. The quantitative estimate of drug-likeness (QED) is 0.209. The monoisotopic (exact) mass is 272 g/mol. The third-order valence-corrected chi connectivity index (χ3v) is 3.59. The predicted molar refractivity (Wildman–Crippen MR) is 66.8 cm³/mol. The van der Waals surface area contributed by atoms with Crippen LogP contribution in [0.4, 0.5) is 0 Å². The Morgan fingerprint density at radius 1 is 1.50 bits per heavy atom. The molecule has 0 spiro atoms. The molecule has 0 amide bonds. The van der Waals surface area contributed by atoms with Crippen LogP contribution in [0.5, 0.6) is 0 Å². The molecule has 0 atom stereocenters. The maximum Gasteiger partial charge on any atom is 0.195 e. The lowest BCUT2D eigenvalue weighted by molar-refractivity contribution is 0.255. The minimum atomic E-state index is -0.0825. The van der Waals surface area contributed by atoms with E-state index >= 15 is 0 Å². The molecule has 0 unspecified atom stereocenters. The van der Waals surface area contributed by atoms with E-state index in [4.69, 9.17) is 10.9 Å². The highest BCUT2D eigenvalue weighted by atomic mass is 32.2. The van der Waals surface area contributed by atoms with Crippen LogP contribution in [0.3, 0.4) is 0 Å². The fraction of sp³-hybridized carbons (Fsp3) is 0.667. The first kappa shape index (κ1) is 13.1. The van der Waals surface area contributed by atoms with E-state index in [9.17, 15) is 0 Å². The molecule has 1 aliphatic heterocycles. The zero-order valence-corrected chi connectivity index (χ0v) is 10.7. The number of hydrogen-bond donors (Lipinski definition) is 3. The van der Waals surface area contributed by atoms with Gasteiger partial charge in [-0.2, -0.15) is 0 Å². The number of rotatable bonds is 5. The van der Waals surface area contributed by atoms with Crippen molar-refractivity contribution in [2.75, 3.05) is 38.5 Å². The third kappa shape index (κ3) is 3.34. The molecule has 9 heteroatoms. The minimum Gasteiger partial charge on any atom is -0.409 e. The molecule has 1 aromatic rings. The van der Waals surface area contributed by atoms with Gasteiger partial charge < -0.3 is 16.3 Å². The Morgan fingerprint density at radius 3 is 3.00 bits per heavy atom. The summed E-state index contributed by atoms with van der Waals surface area (Å²) in [6.45, 7) is 5.15. The minimum absolute atomic E-state index is 0.0825.